The van der Waals surface area contributed by atoms with Crippen LogP contribution in [0.15, 0.2) is 30.3 Å². The number of nitrogens with one attached hydrogen (secondary N) is 2. The van der Waals surface area contributed by atoms with Crippen molar-refractivity contribution < 1.29 is 14.6 Å². The zero-order valence-electron chi connectivity index (χ0n) is 9.14. The molecule has 0 heterocycles. The van der Waals surface area contributed by atoms with Crippen LogP contribution in [0, 0.1) is 0 Å². The molecular formula is C11H16N2O3. The molecule has 16 heavy (non-hydrogen) atoms. The van der Waals surface area contributed by atoms with E-state index >= 15 is 0 Å². The van der Waals surface area contributed by atoms with Gasteiger partial charge >= 0.3 is 6.03 Å². The summed E-state index contributed by atoms with van der Waals surface area (Å²) in [6, 6.07) is 8.82. The van der Waals surface area contributed by atoms with Gasteiger partial charge in [-0.15, -0.1) is 0 Å². The van der Waals surface area contributed by atoms with E-state index in [1.165, 1.54) is 0 Å². The molecule has 5 nitrogen and oxygen atoms in total. The predicted octanol–water partition coefficient (Wildman–Crippen LogP) is 0.703. The van der Waals surface area contributed by atoms with E-state index in [0.29, 0.717) is 5.75 Å². The number of hydrogen-bond acceptors (Lipinski definition) is 3. The highest BCUT2D eigenvalue weighted by Crippen LogP contribution is 2.06. The summed E-state index contributed by atoms with van der Waals surface area (Å²) in [5, 5.41) is 13.9. The van der Waals surface area contributed by atoms with Crippen molar-refractivity contribution in [3.05, 3.63) is 30.3 Å². The number of aliphatic hydroxyl groups excluding tert-OH is 1. The van der Waals surface area contributed by atoms with Gasteiger partial charge in [0.2, 0.25) is 0 Å². The Morgan fingerprint density at radius 2 is 2.06 bits per heavy atom. The molecular weight excluding hydrogens is 208 g/mol. The Morgan fingerprint density at radius 3 is 2.69 bits per heavy atom. The van der Waals surface area contributed by atoms with Gasteiger partial charge in [-0.2, -0.15) is 0 Å². The smallest absolute Gasteiger partial charge is 0.317 e. The lowest BCUT2D eigenvalue weighted by molar-refractivity contribution is 0.184. The van der Waals surface area contributed by atoms with Crippen LogP contribution in [-0.4, -0.2) is 30.5 Å². The number of amides is 2. The van der Waals surface area contributed by atoms with Gasteiger partial charge in [-0.3, -0.25) is 0 Å². The average molecular weight is 224 g/mol. The van der Waals surface area contributed by atoms with Crippen molar-refractivity contribution >= 4 is 6.03 Å². The summed E-state index contributed by atoms with van der Waals surface area (Å²) in [6.45, 7) is 1.91. The van der Waals surface area contributed by atoms with Crippen LogP contribution in [0.2, 0.25) is 0 Å². The van der Waals surface area contributed by atoms with E-state index in [2.05, 4.69) is 10.6 Å². The van der Waals surface area contributed by atoms with E-state index < -0.39 is 6.10 Å². The Bertz CT molecular complexity index is 314. The van der Waals surface area contributed by atoms with E-state index in [1.807, 2.05) is 18.2 Å². The minimum atomic E-state index is -0.555. The first-order valence-electron chi connectivity index (χ1n) is 5.06. The fraction of sp³-hybridized carbons (Fsp3) is 0.364. The molecule has 0 fully saturated rings. The summed E-state index contributed by atoms with van der Waals surface area (Å²) in [7, 11) is 0. The topological polar surface area (TPSA) is 70.6 Å². The van der Waals surface area contributed by atoms with E-state index in [0.717, 1.165) is 0 Å². The summed E-state index contributed by atoms with van der Waals surface area (Å²) < 4.78 is 5.25. The monoisotopic (exact) mass is 224 g/mol. The van der Waals surface area contributed by atoms with Crippen LogP contribution in [0.3, 0.4) is 0 Å². The van der Waals surface area contributed by atoms with Crippen LogP contribution in [-0.2, 0) is 0 Å². The summed E-state index contributed by atoms with van der Waals surface area (Å²) in [5.74, 6) is 0.693. The molecule has 5 heteroatoms. The van der Waals surface area contributed by atoms with Crippen molar-refractivity contribution in [1.82, 2.24) is 10.6 Å². The van der Waals surface area contributed by atoms with Crippen LogP contribution >= 0.6 is 0 Å². The largest absolute Gasteiger partial charge is 0.473 e. The van der Waals surface area contributed by atoms with Crippen LogP contribution in [0.1, 0.15) is 6.92 Å². The van der Waals surface area contributed by atoms with E-state index in [-0.39, 0.29) is 19.3 Å². The van der Waals surface area contributed by atoms with Gasteiger partial charge in [0.05, 0.1) is 6.10 Å². The van der Waals surface area contributed by atoms with Gasteiger partial charge in [0, 0.05) is 6.54 Å². The standard InChI is InChI=1S/C11H16N2O3/c1-9(14)7-12-11(15)13-8-16-10-5-3-2-4-6-10/h2-6,9,14H,7-8H2,1H3,(H2,12,13,15). The fourth-order valence-corrected chi connectivity index (χ4v) is 1.00. The van der Waals surface area contributed by atoms with Crippen LogP contribution < -0.4 is 15.4 Å². The molecule has 0 aliphatic carbocycles. The molecule has 0 spiro atoms. The molecule has 2 amide bonds. The number of urea groups is 1. The highest BCUT2D eigenvalue weighted by atomic mass is 16.5. The number of ether oxygens (including phenoxy) is 1. The van der Waals surface area contributed by atoms with Gasteiger partial charge < -0.3 is 20.5 Å². The Balaban J connectivity index is 2.13. The first kappa shape index (κ1) is 12.3. The van der Waals surface area contributed by atoms with E-state index in [1.54, 1.807) is 19.1 Å². The normalized spacial score (nSPS) is 11.6. The summed E-state index contributed by atoms with van der Waals surface area (Å²) in [6.07, 6.45) is -0.555. The molecule has 0 bridgehead atoms. The van der Waals surface area contributed by atoms with Crippen LogP contribution in [0.4, 0.5) is 4.79 Å². The van der Waals surface area contributed by atoms with E-state index in [9.17, 15) is 4.79 Å². The first-order chi connectivity index (χ1) is 7.68. The molecule has 0 aliphatic rings. The number of aliphatic hydroxyl groups is 1. The highest BCUT2D eigenvalue weighted by Gasteiger charge is 2.01. The molecule has 1 atom stereocenters. The van der Waals surface area contributed by atoms with Gasteiger partial charge in [0.1, 0.15) is 5.75 Å². The molecule has 0 radical (unpaired) electrons. The summed E-state index contributed by atoms with van der Waals surface area (Å²) in [5.41, 5.74) is 0. The van der Waals surface area contributed by atoms with Crippen molar-refractivity contribution in [1.29, 1.82) is 0 Å². The second kappa shape index (κ2) is 6.68. The Morgan fingerprint density at radius 1 is 1.38 bits per heavy atom. The lowest BCUT2D eigenvalue weighted by Crippen LogP contribution is -2.40. The minimum Gasteiger partial charge on any atom is -0.473 e. The highest BCUT2D eigenvalue weighted by molar-refractivity contribution is 5.73. The maximum absolute atomic E-state index is 11.1. The Labute approximate surface area is 94.4 Å². The lowest BCUT2D eigenvalue weighted by Gasteiger charge is -2.10. The summed E-state index contributed by atoms with van der Waals surface area (Å²) in [4.78, 5) is 11.1. The maximum Gasteiger partial charge on any atom is 0.317 e. The molecule has 1 aromatic rings. The average Bonchev–Trinajstić information content (AvgIpc) is 2.28. The molecule has 0 aromatic heterocycles. The minimum absolute atomic E-state index is 0.0929. The third-order valence-electron chi connectivity index (χ3n) is 1.77. The number of hydrogen-bond donors (Lipinski definition) is 3. The van der Waals surface area contributed by atoms with Gasteiger partial charge in [-0.05, 0) is 19.1 Å². The van der Waals surface area contributed by atoms with Crippen LogP contribution in [0.25, 0.3) is 0 Å². The van der Waals surface area contributed by atoms with Crippen molar-refractivity contribution in [2.24, 2.45) is 0 Å². The number of carbonyl (C=O) groups excluding carboxylic acids is 1. The van der Waals surface area contributed by atoms with Gasteiger partial charge in [0.15, 0.2) is 6.73 Å². The van der Waals surface area contributed by atoms with E-state index in [4.69, 9.17) is 9.84 Å². The number of para-hydroxylation sites is 1. The Hall–Kier alpha value is -1.75. The quantitative estimate of drug-likeness (QED) is 0.645. The second-order valence-electron chi connectivity index (χ2n) is 3.34. The van der Waals surface area contributed by atoms with Gasteiger partial charge in [-0.25, -0.2) is 4.79 Å². The summed E-state index contributed by atoms with van der Waals surface area (Å²) >= 11 is 0. The zero-order chi connectivity index (χ0) is 11.8. The van der Waals surface area contributed by atoms with Crippen molar-refractivity contribution in [2.45, 2.75) is 13.0 Å². The molecule has 1 rings (SSSR count). The lowest BCUT2D eigenvalue weighted by atomic mass is 10.3. The molecule has 88 valence electrons. The van der Waals surface area contributed by atoms with Crippen molar-refractivity contribution in [3.63, 3.8) is 0 Å². The van der Waals surface area contributed by atoms with Crippen molar-refractivity contribution in [2.75, 3.05) is 13.3 Å². The molecule has 0 aliphatic heterocycles. The first-order valence-corrected chi connectivity index (χ1v) is 5.06. The molecule has 0 saturated carbocycles. The van der Waals surface area contributed by atoms with Crippen molar-refractivity contribution in [3.8, 4) is 5.75 Å². The molecule has 1 aromatic carbocycles. The number of benzene rings is 1. The molecule has 1 unspecified atom stereocenters. The molecule has 3 N–H and O–H groups in total. The van der Waals surface area contributed by atoms with Gasteiger partial charge in [0.25, 0.3) is 0 Å². The van der Waals surface area contributed by atoms with Crippen LogP contribution in [0.5, 0.6) is 5.75 Å². The third-order valence-corrected chi connectivity index (χ3v) is 1.77. The number of rotatable bonds is 5. The third kappa shape index (κ3) is 5.21. The van der Waals surface area contributed by atoms with Gasteiger partial charge in [-0.1, -0.05) is 18.2 Å². The Kier molecular flexibility index (Phi) is 5.15. The number of carbonyl (C=O) groups is 1. The maximum atomic E-state index is 11.1. The predicted molar refractivity (Wildman–Crippen MR) is 60.2 cm³/mol. The molecule has 0 saturated heterocycles. The fourth-order valence-electron chi connectivity index (χ4n) is 1.00. The zero-order valence-corrected chi connectivity index (χ0v) is 9.14. The SMILES string of the molecule is CC(O)CNC(=O)NCOc1ccccc1. The second-order valence-corrected chi connectivity index (χ2v) is 3.34.